The van der Waals surface area contributed by atoms with E-state index in [1.807, 2.05) is 11.8 Å². The van der Waals surface area contributed by atoms with Crippen LogP contribution >= 0.6 is 11.8 Å². The third kappa shape index (κ3) is 3.13. The molecule has 1 aliphatic rings. The Morgan fingerprint density at radius 2 is 2.19 bits per heavy atom. The second kappa shape index (κ2) is 6.48. The van der Waals surface area contributed by atoms with Crippen molar-refractivity contribution in [1.29, 1.82) is 5.26 Å². The second-order valence-electron chi connectivity index (χ2n) is 4.30. The summed E-state index contributed by atoms with van der Waals surface area (Å²) in [5.74, 6) is 1.10. The van der Waals surface area contributed by atoms with E-state index in [-0.39, 0.29) is 5.54 Å². The molecular formula is C12H23N3S. The molecule has 1 saturated heterocycles. The van der Waals surface area contributed by atoms with Gasteiger partial charge >= 0.3 is 0 Å². The third-order valence-corrected chi connectivity index (χ3v) is 4.86. The molecule has 1 rings (SSSR count). The lowest BCUT2D eigenvalue weighted by Crippen LogP contribution is -2.50. The Balaban J connectivity index is 2.38. The van der Waals surface area contributed by atoms with E-state index in [4.69, 9.17) is 0 Å². The van der Waals surface area contributed by atoms with E-state index < -0.39 is 0 Å². The third-order valence-electron chi connectivity index (χ3n) is 3.52. The fourth-order valence-electron chi connectivity index (χ4n) is 2.14. The average molecular weight is 241 g/mol. The van der Waals surface area contributed by atoms with Crippen LogP contribution in [-0.4, -0.2) is 47.6 Å². The zero-order valence-electron chi connectivity index (χ0n) is 10.6. The Bertz CT molecular complexity index is 247. The fourth-order valence-corrected chi connectivity index (χ4v) is 3.47. The van der Waals surface area contributed by atoms with Crippen molar-refractivity contribution >= 4 is 11.8 Å². The minimum atomic E-state index is -0.280. The van der Waals surface area contributed by atoms with Crippen molar-refractivity contribution < 1.29 is 0 Å². The number of nitrogens with one attached hydrogen (secondary N) is 1. The molecule has 0 spiro atoms. The first-order valence-corrected chi connectivity index (χ1v) is 7.23. The van der Waals surface area contributed by atoms with Gasteiger partial charge in [-0.05, 0) is 25.3 Å². The molecule has 1 fully saturated rings. The van der Waals surface area contributed by atoms with Crippen molar-refractivity contribution in [3.8, 4) is 6.07 Å². The highest BCUT2D eigenvalue weighted by molar-refractivity contribution is 8.00. The summed E-state index contributed by atoms with van der Waals surface area (Å²) in [4.78, 5) is 2.38. The molecule has 1 heterocycles. The van der Waals surface area contributed by atoms with Crippen molar-refractivity contribution in [3.63, 3.8) is 0 Å². The van der Waals surface area contributed by atoms with Crippen LogP contribution in [0.15, 0.2) is 0 Å². The van der Waals surface area contributed by atoms with Crippen LogP contribution in [0.1, 0.15) is 27.2 Å². The largest absolute Gasteiger partial charge is 0.303 e. The number of thioether (sulfide) groups is 1. The number of nitrogens with zero attached hydrogens (tertiary/aromatic N) is 2. The van der Waals surface area contributed by atoms with Crippen LogP contribution in [0.4, 0.5) is 0 Å². The van der Waals surface area contributed by atoms with Gasteiger partial charge in [0, 0.05) is 18.3 Å². The monoisotopic (exact) mass is 241 g/mol. The molecule has 4 heteroatoms. The molecule has 0 aromatic heterocycles. The highest BCUT2D eigenvalue weighted by Gasteiger charge is 2.40. The van der Waals surface area contributed by atoms with Crippen molar-refractivity contribution in [2.75, 3.05) is 31.9 Å². The zero-order chi connectivity index (χ0) is 12.0. The lowest BCUT2D eigenvalue weighted by Gasteiger charge is -2.28. The van der Waals surface area contributed by atoms with E-state index in [1.54, 1.807) is 0 Å². The Hall–Kier alpha value is -0.240. The summed E-state index contributed by atoms with van der Waals surface area (Å²) < 4.78 is 0. The maximum atomic E-state index is 9.33. The maximum Gasteiger partial charge on any atom is 0.119 e. The summed E-state index contributed by atoms with van der Waals surface area (Å²) in [5, 5.41) is 13.2. The van der Waals surface area contributed by atoms with E-state index >= 15 is 0 Å². The Morgan fingerprint density at radius 1 is 1.50 bits per heavy atom. The Morgan fingerprint density at radius 3 is 2.62 bits per heavy atom. The molecular weight excluding hydrogens is 218 g/mol. The average Bonchev–Trinajstić information content (AvgIpc) is 2.67. The fraction of sp³-hybridized carbons (Fsp3) is 0.917. The van der Waals surface area contributed by atoms with Gasteiger partial charge in [0.25, 0.3) is 0 Å². The standard InChI is InChI=1S/C12H23N3S/c1-4-15(5-2)8-7-14-12(10-13)6-9-16-11(12)3/h11,14H,4-9H2,1-3H3. The van der Waals surface area contributed by atoms with Crippen LogP contribution in [0, 0.1) is 11.3 Å². The summed E-state index contributed by atoms with van der Waals surface area (Å²) in [5.41, 5.74) is -0.280. The van der Waals surface area contributed by atoms with Gasteiger partial charge < -0.3 is 4.90 Å². The molecule has 1 aliphatic heterocycles. The van der Waals surface area contributed by atoms with Gasteiger partial charge in [0.2, 0.25) is 0 Å². The number of hydrogen-bond donors (Lipinski definition) is 1. The summed E-state index contributed by atoms with van der Waals surface area (Å²) >= 11 is 1.90. The number of hydrogen-bond acceptors (Lipinski definition) is 4. The first-order valence-electron chi connectivity index (χ1n) is 6.18. The molecule has 0 bridgehead atoms. The SMILES string of the molecule is CCN(CC)CCNC1(C#N)CCSC1C. The summed E-state index contributed by atoms with van der Waals surface area (Å²) in [7, 11) is 0. The van der Waals surface area contributed by atoms with E-state index in [2.05, 4.69) is 37.1 Å². The molecule has 0 aromatic carbocycles. The van der Waals surface area contributed by atoms with Crippen LogP contribution in [0.2, 0.25) is 0 Å². The number of nitriles is 1. The molecule has 3 nitrogen and oxygen atoms in total. The lowest BCUT2D eigenvalue weighted by molar-refractivity contribution is 0.285. The Labute approximate surface area is 104 Å². The van der Waals surface area contributed by atoms with Crippen LogP contribution in [0.5, 0.6) is 0 Å². The molecule has 16 heavy (non-hydrogen) atoms. The first-order chi connectivity index (χ1) is 7.68. The summed E-state index contributed by atoms with van der Waals surface area (Å²) in [6.45, 7) is 10.6. The molecule has 0 aromatic rings. The molecule has 0 saturated carbocycles. The van der Waals surface area contributed by atoms with Crippen molar-refractivity contribution in [1.82, 2.24) is 10.2 Å². The summed E-state index contributed by atoms with van der Waals surface area (Å²) in [6.07, 6.45) is 0.980. The molecule has 1 N–H and O–H groups in total. The van der Waals surface area contributed by atoms with Gasteiger partial charge in [-0.2, -0.15) is 17.0 Å². The van der Waals surface area contributed by atoms with Gasteiger partial charge in [-0.15, -0.1) is 0 Å². The minimum absolute atomic E-state index is 0.280. The normalized spacial score (nSPS) is 29.6. The van der Waals surface area contributed by atoms with E-state index in [9.17, 15) is 5.26 Å². The first kappa shape index (κ1) is 13.8. The topological polar surface area (TPSA) is 39.1 Å². The van der Waals surface area contributed by atoms with Gasteiger partial charge in [-0.3, -0.25) is 5.32 Å². The molecule has 92 valence electrons. The minimum Gasteiger partial charge on any atom is -0.303 e. The Kier molecular flexibility index (Phi) is 5.60. The molecule has 0 amide bonds. The zero-order valence-corrected chi connectivity index (χ0v) is 11.4. The van der Waals surface area contributed by atoms with E-state index in [0.717, 1.165) is 38.4 Å². The smallest absolute Gasteiger partial charge is 0.119 e. The quantitative estimate of drug-likeness (QED) is 0.768. The molecule has 2 atom stereocenters. The predicted octanol–water partition coefficient (Wildman–Crippen LogP) is 1.71. The highest BCUT2D eigenvalue weighted by atomic mass is 32.2. The van der Waals surface area contributed by atoms with Crippen molar-refractivity contribution in [2.24, 2.45) is 0 Å². The van der Waals surface area contributed by atoms with E-state index in [1.165, 1.54) is 0 Å². The number of rotatable bonds is 6. The molecule has 0 aliphatic carbocycles. The molecule has 0 radical (unpaired) electrons. The van der Waals surface area contributed by atoms with Crippen LogP contribution in [-0.2, 0) is 0 Å². The number of likely N-dealkylation sites (N-methyl/N-ethyl adjacent to an activating group) is 1. The van der Waals surface area contributed by atoms with Crippen LogP contribution in [0.3, 0.4) is 0 Å². The second-order valence-corrected chi connectivity index (χ2v) is 5.75. The van der Waals surface area contributed by atoms with Gasteiger partial charge in [-0.1, -0.05) is 20.8 Å². The van der Waals surface area contributed by atoms with Crippen molar-refractivity contribution in [2.45, 2.75) is 38.0 Å². The van der Waals surface area contributed by atoms with Crippen LogP contribution in [0.25, 0.3) is 0 Å². The summed E-state index contributed by atoms with van der Waals surface area (Å²) in [6, 6.07) is 2.49. The van der Waals surface area contributed by atoms with Gasteiger partial charge in [0.05, 0.1) is 6.07 Å². The maximum absolute atomic E-state index is 9.33. The van der Waals surface area contributed by atoms with Crippen LogP contribution < -0.4 is 5.32 Å². The van der Waals surface area contributed by atoms with E-state index in [0.29, 0.717) is 5.25 Å². The highest BCUT2D eigenvalue weighted by Crippen LogP contribution is 2.34. The predicted molar refractivity (Wildman–Crippen MR) is 70.7 cm³/mol. The van der Waals surface area contributed by atoms with Crippen molar-refractivity contribution in [3.05, 3.63) is 0 Å². The lowest BCUT2D eigenvalue weighted by atomic mass is 9.95. The van der Waals surface area contributed by atoms with Gasteiger partial charge in [0.1, 0.15) is 5.54 Å². The molecule has 2 unspecified atom stereocenters. The van der Waals surface area contributed by atoms with Gasteiger partial charge in [-0.25, -0.2) is 0 Å². The van der Waals surface area contributed by atoms with Gasteiger partial charge in [0.15, 0.2) is 0 Å².